The zero-order valence-corrected chi connectivity index (χ0v) is 11.8. The van der Waals surface area contributed by atoms with Gasteiger partial charge in [0.1, 0.15) is 5.82 Å². The molecule has 0 saturated heterocycles. The minimum atomic E-state index is -0.0589. The van der Waals surface area contributed by atoms with Gasteiger partial charge in [-0.3, -0.25) is 0 Å². The summed E-state index contributed by atoms with van der Waals surface area (Å²) < 4.78 is 13.9. The first-order chi connectivity index (χ1) is 8.50. The fraction of sp³-hybridized carbons (Fsp3) is 0.625. The highest BCUT2D eigenvalue weighted by molar-refractivity contribution is 5.30. The maximum absolute atomic E-state index is 13.9. The summed E-state index contributed by atoms with van der Waals surface area (Å²) in [6.07, 6.45) is 1.14. The molecule has 1 aromatic rings. The monoisotopic (exact) mass is 249 g/mol. The van der Waals surface area contributed by atoms with Crippen molar-refractivity contribution < 1.29 is 4.39 Å². The third kappa shape index (κ3) is 2.07. The second-order valence-electron chi connectivity index (χ2n) is 6.11. The first kappa shape index (κ1) is 13.5. The van der Waals surface area contributed by atoms with Crippen molar-refractivity contribution in [1.82, 2.24) is 5.32 Å². The Morgan fingerprint density at radius 3 is 2.50 bits per heavy atom. The van der Waals surface area contributed by atoms with Crippen molar-refractivity contribution in [2.24, 2.45) is 11.3 Å². The Morgan fingerprint density at radius 2 is 1.94 bits per heavy atom. The van der Waals surface area contributed by atoms with E-state index in [0.29, 0.717) is 17.9 Å². The summed E-state index contributed by atoms with van der Waals surface area (Å²) >= 11 is 0. The standard InChI is InChI=1S/C16H24FN/c1-5-10-18-15-11(2)14(16(15,3)4)12-8-6-7-9-13(12)17/h6-9,11,14-15,18H,5,10H2,1-4H3. The Labute approximate surface area is 110 Å². The molecule has 1 aromatic carbocycles. The van der Waals surface area contributed by atoms with Crippen LogP contribution in [0.2, 0.25) is 0 Å². The third-order valence-electron chi connectivity index (χ3n) is 4.51. The number of nitrogens with one attached hydrogen (secondary N) is 1. The zero-order chi connectivity index (χ0) is 13.3. The molecule has 1 aliphatic rings. The molecule has 0 aliphatic heterocycles. The van der Waals surface area contributed by atoms with Gasteiger partial charge in [-0.05, 0) is 41.8 Å². The Bertz CT molecular complexity index is 413. The quantitative estimate of drug-likeness (QED) is 0.852. The molecule has 0 aromatic heterocycles. The highest BCUT2D eigenvalue weighted by atomic mass is 19.1. The number of benzene rings is 1. The lowest BCUT2D eigenvalue weighted by Gasteiger charge is -2.58. The van der Waals surface area contributed by atoms with Crippen molar-refractivity contribution in [3.05, 3.63) is 35.6 Å². The van der Waals surface area contributed by atoms with E-state index < -0.39 is 0 Å². The zero-order valence-electron chi connectivity index (χ0n) is 11.8. The minimum Gasteiger partial charge on any atom is -0.313 e. The van der Waals surface area contributed by atoms with Crippen LogP contribution in [0.1, 0.15) is 45.6 Å². The summed E-state index contributed by atoms with van der Waals surface area (Å²) in [7, 11) is 0. The van der Waals surface area contributed by atoms with Crippen molar-refractivity contribution in [3.63, 3.8) is 0 Å². The Hall–Kier alpha value is -0.890. The number of hydrogen-bond acceptors (Lipinski definition) is 1. The van der Waals surface area contributed by atoms with Crippen LogP contribution in [0.5, 0.6) is 0 Å². The van der Waals surface area contributed by atoms with Gasteiger partial charge in [0.05, 0.1) is 0 Å². The van der Waals surface area contributed by atoms with E-state index in [1.165, 1.54) is 0 Å². The molecule has 1 nitrogen and oxygen atoms in total. The van der Waals surface area contributed by atoms with Crippen LogP contribution >= 0.6 is 0 Å². The predicted molar refractivity (Wildman–Crippen MR) is 74.2 cm³/mol. The van der Waals surface area contributed by atoms with E-state index in [2.05, 4.69) is 33.0 Å². The van der Waals surface area contributed by atoms with Crippen LogP contribution in [0.15, 0.2) is 24.3 Å². The summed E-state index contributed by atoms with van der Waals surface area (Å²) in [5, 5.41) is 3.61. The lowest BCUT2D eigenvalue weighted by molar-refractivity contribution is -0.00125. The largest absolute Gasteiger partial charge is 0.313 e. The van der Waals surface area contributed by atoms with Gasteiger partial charge in [0, 0.05) is 6.04 Å². The molecule has 2 heteroatoms. The molecule has 0 bridgehead atoms. The molecular weight excluding hydrogens is 225 g/mol. The fourth-order valence-corrected chi connectivity index (χ4v) is 3.78. The summed E-state index contributed by atoms with van der Waals surface area (Å²) in [5.74, 6) is 0.743. The van der Waals surface area contributed by atoms with E-state index in [4.69, 9.17) is 0 Å². The van der Waals surface area contributed by atoms with Crippen LogP contribution < -0.4 is 5.32 Å². The first-order valence-corrected chi connectivity index (χ1v) is 6.98. The molecule has 0 spiro atoms. The maximum atomic E-state index is 13.9. The number of hydrogen-bond donors (Lipinski definition) is 1. The smallest absolute Gasteiger partial charge is 0.126 e. The molecule has 0 amide bonds. The molecular formula is C16H24FN. The second-order valence-corrected chi connectivity index (χ2v) is 6.11. The lowest BCUT2D eigenvalue weighted by Crippen LogP contribution is -2.61. The summed E-state index contributed by atoms with van der Waals surface area (Å²) in [6.45, 7) is 9.95. The van der Waals surface area contributed by atoms with E-state index in [0.717, 1.165) is 18.5 Å². The van der Waals surface area contributed by atoms with Crippen LogP contribution in [0.4, 0.5) is 4.39 Å². The SMILES string of the molecule is CCCNC1C(C)C(c2ccccc2F)C1(C)C. The molecule has 3 unspecified atom stereocenters. The van der Waals surface area contributed by atoms with Gasteiger partial charge in [-0.1, -0.05) is 45.9 Å². The van der Waals surface area contributed by atoms with Crippen molar-refractivity contribution in [3.8, 4) is 0 Å². The molecule has 18 heavy (non-hydrogen) atoms. The second kappa shape index (κ2) is 5.00. The molecule has 1 aliphatic carbocycles. The van der Waals surface area contributed by atoms with Crippen LogP contribution in [-0.4, -0.2) is 12.6 Å². The van der Waals surface area contributed by atoms with E-state index in [-0.39, 0.29) is 11.2 Å². The summed E-state index contributed by atoms with van der Waals surface area (Å²) in [6, 6.07) is 7.71. The Morgan fingerprint density at radius 1 is 1.28 bits per heavy atom. The molecule has 2 rings (SSSR count). The van der Waals surface area contributed by atoms with Crippen LogP contribution in [0.25, 0.3) is 0 Å². The normalized spacial score (nSPS) is 29.9. The van der Waals surface area contributed by atoms with Gasteiger partial charge < -0.3 is 5.32 Å². The van der Waals surface area contributed by atoms with Gasteiger partial charge >= 0.3 is 0 Å². The molecule has 1 fully saturated rings. The maximum Gasteiger partial charge on any atom is 0.126 e. The fourth-order valence-electron chi connectivity index (χ4n) is 3.78. The van der Waals surface area contributed by atoms with Gasteiger partial charge in [-0.2, -0.15) is 0 Å². The van der Waals surface area contributed by atoms with Crippen LogP contribution in [0.3, 0.4) is 0 Å². The van der Waals surface area contributed by atoms with Crippen molar-refractivity contribution >= 4 is 0 Å². The average Bonchev–Trinajstić information content (AvgIpc) is 2.32. The molecule has 1 saturated carbocycles. The topological polar surface area (TPSA) is 12.0 Å². The number of rotatable bonds is 4. The van der Waals surface area contributed by atoms with Crippen molar-refractivity contribution in [2.45, 2.75) is 46.1 Å². The average molecular weight is 249 g/mol. The van der Waals surface area contributed by atoms with E-state index in [1.807, 2.05) is 12.1 Å². The summed E-state index contributed by atoms with van der Waals surface area (Å²) in [4.78, 5) is 0. The molecule has 3 atom stereocenters. The molecule has 100 valence electrons. The Balaban J connectivity index is 2.19. The van der Waals surface area contributed by atoms with Gasteiger partial charge in [0.15, 0.2) is 0 Å². The van der Waals surface area contributed by atoms with Crippen LogP contribution in [-0.2, 0) is 0 Å². The van der Waals surface area contributed by atoms with Gasteiger partial charge in [-0.15, -0.1) is 0 Å². The van der Waals surface area contributed by atoms with E-state index in [1.54, 1.807) is 12.1 Å². The highest BCUT2D eigenvalue weighted by Gasteiger charge is 2.54. The number of halogens is 1. The molecule has 0 heterocycles. The van der Waals surface area contributed by atoms with Gasteiger partial charge in [-0.25, -0.2) is 4.39 Å². The first-order valence-electron chi connectivity index (χ1n) is 6.98. The highest BCUT2D eigenvalue weighted by Crippen LogP contribution is 2.56. The van der Waals surface area contributed by atoms with Crippen molar-refractivity contribution in [2.75, 3.05) is 6.54 Å². The van der Waals surface area contributed by atoms with E-state index in [9.17, 15) is 4.39 Å². The van der Waals surface area contributed by atoms with Crippen molar-refractivity contribution in [1.29, 1.82) is 0 Å². The Kier molecular flexibility index (Phi) is 3.76. The summed E-state index contributed by atoms with van der Waals surface area (Å²) in [5.41, 5.74) is 1.00. The minimum absolute atomic E-state index is 0.0589. The van der Waals surface area contributed by atoms with Crippen LogP contribution in [0, 0.1) is 17.2 Å². The lowest BCUT2D eigenvalue weighted by atomic mass is 9.50. The van der Waals surface area contributed by atoms with Gasteiger partial charge in [0.25, 0.3) is 0 Å². The molecule has 0 radical (unpaired) electrons. The molecule has 1 N–H and O–H groups in total. The predicted octanol–water partition coefficient (Wildman–Crippen LogP) is 3.95. The third-order valence-corrected chi connectivity index (χ3v) is 4.51. The van der Waals surface area contributed by atoms with E-state index >= 15 is 0 Å². The van der Waals surface area contributed by atoms with Gasteiger partial charge in [0.2, 0.25) is 0 Å².